The summed E-state index contributed by atoms with van der Waals surface area (Å²) in [5, 5.41) is 5.59. The maximum absolute atomic E-state index is 5.34. The van der Waals surface area contributed by atoms with Gasteiger partial charge in [-0.1, -0.05) is 86.6 Å². The first-order valence-corrected chi connectivity index (χ1v) is 14.2. The third-order valence-corrected chi connectivity index (χ3v) is 8.95. The highest BCUT2D eigenvalue weighted by molar-refractivity contribution is 6.26. The Labute approximate surface area is 242 Å². The van der Waals surface area contributed by atoms with Crippen molar-refractivity contribution in [3.8, 4) is 28.3 Å². The van der Waals surface area contributed by atoms with Crippen LogP contribution in [0.4, 0.5) is 0 Å². The third-order valence-electron chi connectivity index (χ3n) is 8.95. The maximum atomic E-state index is 5.34. The molecule has 5 heteroatoms. The average molecular weight is 540 g/mol. The van der Waals surface area contributed by atoms with Crippen molar-refractivity contribution in [3.63, 3.8) is 0 Å². The van der Waals surface area contributed by atoms with Gasteiger partial charge in [0.15, 0.2) is 0 Å². The van der Waals surface area contributed by atoms with E-state index in [4.69, 9.17) is 9.97 Å². The van der Waals surface area contributed by atoms with Gasteiger partial charge in [-0.3, -0.25) is 14.5 Å². The molecule has 5 nitrogen and oxygen atoms in total. The van der Waals surface area contributed by atoms with Gasteiger partial charge in [-0.2, -0.15) is 0 Å². The Hall–Kier alpha value is -5.42. The molecule has 198 valence electrons. The van der Waals surface area contributed by atoms with Gasteiger partial charge in [-0.05, 0) is 45.8 Å². The van der Waals surface area contributed by atoms with Crippen molar-refractivity contribution < 1.29 is 0 Å². The maximum Gasteiger partial charge on any atom is 0.235 e. The highest BCUT2D eigenvalue weighted by atomic mass is 15.2. The number of rotatable bonds is 2. The summed E-state index contributed by atoms with van der Waals surface area (Å²) >= 11 is 0. The van der Waals surface area contributed by atoms with Crippen LogP contribution in [-0.4, -0.2) is 24.5 Å². The van der Waals surface area contributed by atoms with Crippen molar-refractivity contribution >= 4 is 43.5 Å². The Morgan fingerprint density at radius 1 is 0.643 bits per heavy atom. The standard InChI is InChI=1S/C37H25N5/c1-37(2)28-14-8-6-12-24(28)31-26-20-38-18-16-23(26)32-27-21-39-19-17-30(27)42(35(32)33(31)37)36-40-29-15-9-7-13-25(29)34(41-36)22-10-4-3-5-11-22/h3-21H,1-2H3. The van der Waals surface area contributed by atoms with Gasteiger partial charge in [0.25, 0.3) is 0 Å². The molecule has 0 bridgehead atoms. The summed E-state index contributed by atoms with van der Waals surface area (Å²) in [6.07, 6.45) is 7.75. The molecule has 9 rings (SSSR count). The molecular formula is C37H25N5. The molecule has 0 unspecified atom stereocenters. The lowest BCUT2D eigenvalue weighted by Gasteiger charge is -2.24. The number of fused-ring (bicyclic) bond motifs is 11. The predicted molar refractivity (Wildman–Crippen MR) is 170 cm³/mol. The van der Waals surface area contributed by atoms with Crippen LogP contribution in [0.5, 0.6) is 0 Å². The fourth-order valence-electron chi connectivity index (χ4n) is 7.17. The Bertz CT molecular complexity index is 2380. The largest absolute Gasteiger partial charge is 0.277 e. The second-order valence-corrected chi connectivity index (χ2v) is 11.5. The van der Waals surface area contributed by atoms with Gasteiger partial charge in [0.1, 0.15) is 0 Å². The Morgan fingerprint density at radius 2 is 1.38 bits per heavy atom. The van der Waals surface area contributed by atoms with Crippen LogP contribution in [0.2, 0.25) is 0 Å². The number of nitrogens with zero attached hydrogens (tertiary/aromatic N) is 5. The van der Waals surface area contributed by atoms with Crippen LogP contribution >= 0.6 is 0 Å². The van der Waals surface area contributed by atoms with Crippen LogP contribution in [0.1, 0.15) is 25.0 Å². The quantitative estimate of drug-likeness (QED) is 0.221. The monoisotopic (exact) mass is 539 g/mol. The van der Waals surface area contributed by atoms with Gasteiger partial charge in [0.2, 0.25) is 5.95 Å². The minimum atomic E-state index is -0.257. The van der Waals surface area contributed by atoms with Gasteiger partial charge in [-0.25, -0.2) is 9.97 Å². The van der Waals surface area contributed by atoms with E-state index < -0.39 is 0 Å². The zero-order valence-corrected chi connectivity index (χ0v) is 23.2. The summed E-state index contributed by atoms with van der Waals surface area (Å²) in [6, 6.07) is 31.7. The van der Waals surface area contributed by atoms with Crippen molar-refractivity contribution in [2.75, 3.05) is 0 Å². The highest BCUT2D eigenvalue weighted by Gasteiger charge is 2.40. The lowest BCUT2D eigenvalue weighted by Crippen LogP contribution is -2.17. The molecule has 1 aliphatic carbocycles. The molecule has 8 aromatic rings. The summed E-state index contributed by atoms with van der Waals surface area (Å²) in [5.74, 6) is 0.654. The Morgan fingerprint density at radius 3 is 2.26 bits per heavy atom. The van der Waals surface area contributed by atoms with Crippen molar-refractivity contribution in [3.05, 3.63) is 127 Å². The Balaban J connectivity index is 1.53. The number of pyridine rings is 2. The van der Waals surface area contributed by atoms with E-state index >= 15 is 0 Å². The van der Waals surface area contributed by atoms with Crippen LogP contribution in [0.25, 0.3) is 71.8 Å². The molecule has 0 spiro atoms. The molecule has 1 aliphatic rings. The van der Waals surface area contributed by atoms with Gasteiger partial charge in [0, 0.05) is 57.3 Å². The number of aromatic nitrogens is 5. The molecule has 0 aliphatic heterocycles. The number of hydrogen-bond acceptors (Lipinski definition) is 4. The SMILES string of the molecule is CC1(C)c2ccccc2-c2c1c1c(c3ccncc23)c2cnccc2n1-c1nc(-c2ccccc2)c2ccccc2n1. The van der Waals surface area contributed by atoms with E-state index in [2.05, 4.69) is 107 Å². The summed E-state index contributed by atoms with van der Waals surface area (Å²) in [6.45, 7) is 4.66. The van der Waals surface area contributed by atoms with E-state index in [1.807, 2.05) is 36.9 Å². The molecule has 4 aromatic heterocycles. The highest BCUT2D eigenvalue weighted by Crippen LogP contribution is 2.55. The van der Waals surface area contributed by atoms with Gasteiger partial charge < -0.3 is 0 Å². The second-order valence-electron chi connectivity index (χ2n) is 11.5. The molecule has 0 fully saturated rings. The van der Waals surface area contributed by atoms with E-state index in [0.29, 0.717) is 5.95 Å². The van der Waals surface area contributed by atoms with E-state index in [1.165, 1.54) is 22.3 Å². The van der Waals surface area contributed by atoms with Crippen LogP contribution < -0.4 is 0 Å². The summed E-state index contributed by atoms with van der Waals surface area (Å²) in [5.41, 5.74) is 9.89. The van der Waals surface area contributed by atoms with Crippen LogP contribution in [0, 0.1) is 0 Å². The minimum absolute atomic E-state index is 0.257. The van der Waals surface area contributed by atoms with Crippen molar-refractivity contribution in [2.45, 2.75) is 19.3 Å². The second kappa shape index (κ2) is 8.30. The number of hydrogen-bond donors (Lipinski definition) is 0. The van der Waals surface area contributed by atoms with E-state index in [-0.39, 0.29) is 5.41 Å². The normalized spacial score (nSPS) is 13.7. The lowest BCUT2D eigenvalue weighted by molar-refractivity contribution is 0.664. The van der Waals surface area contributed by atoms with E-state index in [1.54, 1.807) is 0 Å². The molecule has 4 heterocycles. The van der Waals surface area contributed by atoms with Crippen molar-refractivity contribution in [1.29, 1.82) is 0 Å². The average Bonchev–Trinajstić information content (AvgIpc) is 3.50. The number of benzene rings is 4. The predicted octanol–water partition coefficient (Wildman–Crippen LogP) is 8.64. The smallest absolute Gasteiger partial charge is 0.235 e. The van der Waals surface area contributed by atoms with Crippen LogP contribution in [0.3, 0.4) is 0 Å². The summed E-state index contributed by atoms with van der Waals surface area (Å²) < 4.78 is 2.28. The first kappa shape index (κ1) is 23.3. The molecule has 0 saturated heterocycles. The fraction of sp³-hybridized carbons (Fsp3) is 0.0811. The fourth-order valence-corrected chi connectivity index (χ4v) is 7.17. The molecular weight excluding hydrogens is 514 g/mol. The molecule has 0 N–H and O–H groups in total. The van der Waals surface area contributed by atoms with Gasteiger partial charge in [0.05, 0.1) is 22.2 Å². The lowest BCUT2D eigenvalue weighted by atomic mass is 9.81. The van der Waals surface area contributed by atoms with Gasteiger partial charge >= 0.3 is 0 Å². The first-order valence-electron chi connectivity index (χ1n) is 14.2. The molecule has 0 amide bonds. The first-order chi connectivity index (χ1) is 20.6. The molecule has 0 saturated carbocycles. The topological polar surface area (TPSA) is 56.5 Å². The van der Waals surface area contributed by atoms with Crippen LogP contribution in [-0.2, 0) is 5.41 Å². The van der Waals surface area contributed by atoms with Crippen molar-refractivity contribution in [2.24, 2.45) is 0 Å². The molecule has 4 aromatic carbocycles. The number of para-hydroxylation sites is 1. The zero-order chi connectivity index (χ0) is 28.0. The zero-order valence-electron chi connectivity index (χ0n) is 23.2. The summed E-state index contributed by atoms with van der Waals surface area (Å²) in [4.78, 5) is 19.7. The van der Waals surface area contributed by atoms with E-state index in [9.17, 15) is 0 Å². The minimum Gasteiger partial charge on any atom is -0.277 e. The third kappa shape index (κ3) is 2.97. The molecule has 0 atom stereocenters. The van der Waals surface area contributed by atoms with E-state index in [0.717, 1.165) is 54.7 Å². The van der Waals surface area contributed by atoms with Gasteiger partial charge in [-0.15, -0.1) is 0 Å². The van der Waals surface area contributed by atoms with Crippen molar-refractivity contribution in [1.82, 2.24) is 24.5 Å². The molecule has 42 heavy (non-hydrogen) atoms. The van der Waals surface area contributed by atoms with Crippen LogP contribution in [0.15, 0.2) is 116 Å². The Kier molecular flexibility index (Phi) is 4.61. The summed E-state index contributed by atoms with van der Waals surface area (Å²) in [7, 11) is 0. The molecule has 0 radical (unpaired) electrons.